The zero-order chi connectivity index (χ0) is 18.0. The Morgan fingerprint density at radius 2 is 1.76 bits per heavy atom. The van der Waals surface area contributed by atoms with Crippen LogP contribution in [0.1, 0.15) is 48.8 Å². The molecule has 1 heterocycles. The molecule has 1 aromatic carbocycles. The highest BCUT2D eigenvalue weighted by Crippen LogP contribution is 2.40. The SMILES string of the molecule is COC1=C(c2c(C)cc(Br)cc2C)C(=O)CC(CC2CCOCC2)C1. The number of allylic oxidation sites excluding steroid dienone is 2. The Bertz CT molecular complexity index is 663. The highest BCUT2D eigenvalue weighted by Gasteiger charge is 2.32. The standard InChI is InChI=1S/C21H27BrO3/c1-13-8-17(22)9-14(2)20(13)21-18(23)11-16(12-19(21)24-3)10-15-4-6-25-7-5-15/h8-9,15-16H,4-7,10-12H2,1-3H3. The molecule has 0 radical (unpaired) electrons. The monoisotopic (exact) mass is 406 g/mol. The van der Waals surface area contributed by atoms with Crippen molar-refractivity contribution in [1.82, 2.24) is 0 Å². The van der Waals surface area contributed by atoms with Gasteiger partial charge < -0.3 is 9.47 Å². The third kappa shape index (κ3) is 4.17. The number of benzene rings is 1. The Morgan fingerprint density at radius 3 is 2.36 bits per heavy atom. The van der Waals surface area contributed by atoms with Gasteiger partial charge in [-0.3, -0.25) is 4.79 Å². The quantitative estimate of drug-likeness (QED) is 0.687. The van der Waals surface area contributed by atoms with Crippen LogP contribution in [-0.4, -0.2) is 26.1 Å². The number of hydrogen-bond acceptors (Lipinski definition) is 3. The van der Waals surface area contributed by atoms with Crippen molar-refractivity contribution in [2.24, 2.45) is 11.8 Å². The van der Waals surface area contributed by atoms with Gasteiger partial charge in [0.05, 0.1) is 12.7 Å². The van der Waals surface area contributed by atoms with Crippen molar-refractivity contribution in [2.75, 3.05) is 20.3 Å². The van der Waals surface area contributed by atoms with Crippen LogP contribution in [0.15, 0.2) is 22.4 Å². The zero-order valence-electron chi connectivity index (χ0n) is 15.4. The van der Waals surface area contributed by atoms with Crippen molar-refractivity contribution in [1.29, 1.82) is 0 Å². The molecule has 0 spiro atoms. The third-order valence-electron chi connectivity index (χ3n) is 5.51. The van der Waals surface area contributed by atoms with E-state index in [0.29, 0.717) is 18.3 Å². The predicted octanol–water partition coefficient (Wildman–Crippen LogP) is 5.22. The van der Waals surface area contributed by atoms with Gasteiger partial charge in [-0.25, -0.2) is 0 Å². The van der Waals surface area contributed by atoms with Crippen molar-refractivity contribution >= 4 is 27.3 Å². The number of hydrogen-bond donors (Lipinski definition) is 0. The number of methoxy groups -OCH3 is 1. The summed E-state index contributed by atoms with van der Waals surface area (Å²) in [7, 11) is 1.70. The van der Waals surface area contributed by atoms with E-state index in [1.165, 1.54) is 0 Å². The molecule has 0 saturated carbocycles. The van der Waals surface area contributed by atoms with E-state index >= 15 is 0 Å². The number of carbonyl (C=O) groups is 1. The summed E-state index contributed by atoms with van der Waals surface area (Å²) in [4.78, 5) is 13.0. The fourth-order valence-electron chi connectivity index (χ4n) is 4.35. The molecule has 1 aromatic rings. The molecule has 2 aliphatic rings. The lowest BCUT2D eigenvalue weighted by Crippen LogP contribution is -2.25. The van der Waals surface area contributed by atoms with Crippen LogP contribution in [0.25, 0.3) is 5.57 Å². The lowest BCUT2D eigenvalue weighted by molar-refractivity contribution is -0.115. The van der Waals surface area contributed by atoms with Gasteiger partial charge in [0.1, 0.15) is 5.76 Å². The summed E-state index contributed by atoms with van der Waals surface area (Å²) in [6, 6.07) is 4.15. The number of rotatable bonds is 4. The Hall–Kier alpha value is -1.13. The predicted molar refractivity (Wildman–Crippen MR) is 103 cm³/mol. The molecule has 1 unspecified atom stereocenters. The largest absolute Gasteiger partial charge is 0.500 e. The first kappa shape index (κ1) is 18.7. The molecule has 136 valence electrons. The van der Waals surface area contributed by atoms with Crippen LogP contribution in [0.2, 0.25) is 0 Å². The third-order valence-corrected chi connectivity index (χ3v) is 5.97. The topological polar surface area (TPSA) is 35.5 Å². The Morgan fingerprint density at radius 1 is 1.12 bits per heavy atom. The van der Waals surface area contributed by atoms with Crippen LogP contribution >= 0.6 is 15.9 Å². The van der Waals surface area contributed by atoms with Gasteiger partial charge >= 0.3 is 0 Å². The lowest BCUT2D eigenvalue weighted by Gasteiger charge is -2.31. The number of ether oxygens (including phenoxy) is 2. The summed E-state index contributed by atoms with van der Waals surface area (Å²) in [5.74, 6) is 2.17. The van der Waals surface area contributed by atoms with Gasteiger partial charge in [0, 0.05) is 30.5 Å². The average Bonchev–Trinajstić information content (AvgIpc) is 2.56. The molecule has 1 saturated heterocycles. The molecule has 3 nitrogen and oxygen atoms in total. The average molecular weight is 407 g/mol. The van der Waals surface area contributed by atoms with Gasteiger partial charge in [0.2, 0.25) is 0 Å². The van der Waals surface area contributed by atoms with E-state index in [1.807, 2.05) is 0 Å². The maximum absolute atomic E-state index is 13.0. The first-order valence-electron chi connectivity index (χ1n) is 9.14. The molecule has 4 heteroatoms. The maximum Gasteiger partial charge on any atom is 0.167 e. The van der Waals surface area contributed by atoms with Crippen LogP contribution in [-0.2, 0) is 14.3 Å². The second-order valence-corrected chi connectivity index (χ2v) is 8.32. The van der Waals surface area contributed by atoms with Crippen LogP contribution in [0.4, 0.5) is 0 Å². The van der Waals surface area contributed by atoms with E-state index in [9.17, 15) is 4.79 Å². The molecule has 0 bridgehead atoms. The van der Waals surface area contributed by atoms with E-state index in [-0.39, 0.29) is 5.78 Å². The van der Waals surface area contributed by atoms with E-state index in [0.717, 1.165) is 71.4 Å². The van der Waals surface area contributed by atoms with E-state index in [4.69, 9.17) is 9.47 Å². The summed E-state index contributed by atoms with van der Waals surface area (Å²) in [6.07, 6.45) is 4.84. The van der Waals surface area contributed by atoms with Crippen molar-refractivity contribution in [3.8, 4) is 0 Å². The number of halogens is 1. The highest BCUT2D eigenvalue weighted by atomic mass is 79.9. The fourth-order valence-corrected chi connectivity index (χ4v) is 5.03. The zero-order valence-corrected chi connectivity index (χ0v) is 16.9. The molecule has 1 aliphatic heterocycles. The molecule has 0 amide bonds. The minimum Gasteiger partial charge on any atom is -0.500 e. The Balaban J connectivity index is 1.87. The Kier molecular flexibility index (Phi) is 6.00. The smallest absolute Gasteiger partial charge is 0.167 e. The minimum atomic E-state index is 0.230. The molecule has 1 fully saturated rings. The number of carbonyl (C=O) groups excluding carboxylic acids is 1. The summed E-state index contributed by atoms with van der Waals surface area (Å²) < 4.78 is 12.2. The van der Waals surface area contributed by atoms with Crippen LogP contribution in [0.3, 0.4) is 0 Å². The van der Waals surface area contributed by atoms with Crippen molar-refractivity contribution < 1.29 is 14.3 Å². The molecule has 0 aromatic heterocycles. The number of Topliss-reactive ketones (excluding diaryl/α,β-unsaturated/α-hetero) is 1. The minimum absolute atomic E-state index is 0.230. The summed E-state index contributed by atoms with van der Waals surface area (Å²) >= 11 is 3.54. The van der Waals surface area contributed by atoms with Crippen LogP contribution in [0, 0.1) is 25.7 Å². The first-order valence-corrected chi connectivity index (χ1v) is 9.94. The summed E-state index contributed by atoms with van der Waals surface area (Å²) in [5, 5.41) is 0. The molecular weight excluding hydrogens is 380 g/mol. The molecule has 3 rings (SSSR count). The second-order valence-electron chi connectivity index (χ2n) is 7.41. The van der Waals surface area contributed by atoms with Gasteiger partial charge in [-0.15, -0.1) is 0 Å². The highest BCUT2D eigenvalue weighted by molar-refractivity contribution is 9.10. The summed E-state index contributed by atoms with van der Waals surface area (Å²) in [5.41, 5.74) is 4.09. The number of aryl methyl sites for hydroxylation is 2. The van der Waals surface area contributed by atoms with Gasteiger partial charge in [-0.05, 0) is 73.8 Å². The first-order chi connectivity index (χ1) is 12.0. The molecule has 0 N–H and O–H groups in total. The van der Waals surface area contributed by atoms with E-state index in [1.54, 1.807) is 7.11 Å². The molecule has 1 atom stereocenters. The summed E-state index contributed by atoms with van der Waals surface area (Å²) in [6.45, 7) is 5.85. The van der Waals surface area contributed by atoms with Crippen molar-refractivity contribution in [2.45, 2.75) is 46.0 Å². The second kappa shape index (κ2) is 8.05. The normalized spacial score (nSPS) is 22.4. The van der Waals surface area contributed by atoms with E-state index in [2.05, 4.69) is 41.9 Å². The Labute approximate surface area is 158 Å². The van der Waals surface area contributed by atoms with Gasteiger partial charge in [-0.1, -0.05) is 15.9 Å². The van der Waals surface area contributed by atoms with Crippen molar-refractivity contribution in [3.05, 3.63) is 39.1 Å². The van der Waals surface area contributed by atoms with Crippen LogP contribution < -0.4 is 0 Å². The number of ketones is 1. The molecule has 25 heavy (non-hydrogen) atoms. The molecular formula is C21H27BrO3. The lowest BCUT2D eigenvalue weighted by atomic mass is 9.77. The van der Waals surface area contributed by atoms with Gasteiger partial charge in [-0.2, -0.15) is 0 Å². The maximum atomic E-state index is 13.0. The van der Waals surface area contributed by atoms with E-state index < -0.39 is 0 Å². The van der Waals surface area contributed by atoms with Gasteiger partial charge in [0.15, 0.2) is 5.78 Å². The van der Waals surface area contributed by atoms with Crippen molar-refractivity contribution in [3.63, 3.8) is 0 Å². The molecule has 1 aliphatic carbocycles. The van der Waals surface area contributed by atoms with Crippen LogP contribution in [0.5, 0.6) is 0 Å². The fraction of sp³-hybridized carbons (Fsp3) is 0.571. The van der Waals surface area contributed by atoms with Gasteiger partial charge in [0.25, 0.3) is 0 Å².